The number of thiophene rings is 1. The van der Waals surface area contributed by atoms with Crippen molar-refractivity contribution in [2.75, 3.05) is 0 Å². The molecule has 3 unspecified atom stereocenters. The van der Waals surface area contributed by atoms with Gasteiger partial charge < -0.3 is 20.0 Å². The fourth-order valence-electron chi connectivity index (χ4n) is 3.08. The summed E-state index contributed by atoms with van der Waals surface area (Å²) >= 11 is 2.81. The average Bonchev–Trinajstić information content (AvgIpc) is 2.99. The summed E-state index contributed by atoms with van der Waals surface area (Å²) in [5.41, 5.74) is 0.878. The smallest absolute Gasteiger partial charge is 0.341 e. The second-order valence-electron chi connectivity index (χ2n) is 6.17. The molecule has 3 heterocycles. The van der Waals surface area contributed by atoms with Gasteiger partial charge in [0.25, 0.3) is 0 Å². The summed E-state index contributed by atoms with van der Waals surface area (Å²) in [6.07, 6.45) is 0.190. The van der Waals surface area contributed by atoms with Crippen LogP contribution < -0.4 is 5.32 Å². The lowest BCUT2D eigenvalue weighted by Gasteiger charge is -2.44. The molecule has 0 bridgehead atoms. The first-order valence-corrected chi connectivity index (χ1v) is 10.5. The number of thioether (sulfide) groups is 1. The number of β-lactam (4-membered cyclic amide) rings is 1. The van der Waals surface area contributed by atoms with Gasteiger partial charge >= 0.3 is 7.60 Å². The molecule has 0 spiro atoms. The third kappa shape index (κ3) is 2.96. The molecule has 0 aliphatic carbocycles. The minimum absolute atomic E-state index is 0.190. The molecule has 3 rings (SSSR count). The monoisotopic (exact) mass is 376 g/mol. The zero-order valence-corrected chi connectivity index (χ0v) is 15.0. The van der Waals surface area contributed by atoms with Crippen LogP contribution >= 0.6 is 30.7 Å². The zero-order valence-electron chi connectivity index (χ0n) is 12.5. The van der Waals surface area contributed by atoms with Crippen LogP contribution in [0.3, 0.4) is 0 Å². The van der Waals surface area contributed by atoms with Crippen LogP contribution in [0.1, 0.15) is 19.4 Å². The summed E-state index contributed by atoms with van der Waals surface area (Å²) in [6.45, 7) is 3.41. The number of carbonyl (C=O) groups excluding carboxylic acids is 2. The van der Waals surface area contributed by atoms with E-state index in [-0.39, 0.29) is 12.3 Å². The van der Waals surface area contributed by atoms with Crippen LogP contribution in [0.5, 0.6) is 0 Å². The van der Waals surface area contributed by atoms with E-state index in [2.05, 4.69) is 5.32 Å². The van der Waals surface area contributed by atoms with Crippen LogP contribution in [0.25, 0.3) is 0 Å². The zero-order chi connectivity index (χ0) is 17.0. The van der Waals surface area contributed by atoms with E-state index in [1.807, 2.05) is 16.8 Å². The highest BCUT2D eigenvalue weighted by Gasteiger charge is 2.66. The van der Waals surface area contributed by atoms with Gasteiger partial charge in [-0.1, -0.05) is 0 Å². The quantitative estimate of drug-likeness (QED) is 0.534. The Bertz CT molecular complexity index is 687. The van der Waals surface area contributed by atoms with Gasteiger partial charge in [0.2, 0.25) is 11.8 Å². The Morgan fingerprint density at radius 1 is 1.48 bits per heavy atom. The Hall–Kier alpha value is -0.860. The third-order valence-electron chi connectivity index (χ3n) is 3.97. The predicted molar refractivity (Wildman–Crippen MR) is 88.1 cm³/mol. The van der Waals surface area contributed by atoms with Crippen molar-refractivity contribution in [2.24, 2.45) is 0 Å². The molecule has 23 heavy (non-hydrogen) atoms. The van der Waals surface area contributed by atoms with Gasteiger partial charge in [0.05, 0.1) is 6.42 Å². The lowest BCUT2D eigenvalue weighted by molar-refractivity contribution is -0.149. The summed E-state index contributed by atoms with van der Waals surface area (Å²) in [4.78, 5) is 44.7. The number of nitrogens with zero attached hydrogens (tertiary/aromatic N) is 1. The molecule has 3 atom stereocenters. The van der Waals surface area contributed by atoms with E-state index < -0.39 is 35.4 Å². The number of nitrogens with one attached hydrogen (secondary N) is 1. The molecule has 0 saturated carbocycles. The minimum atomic E-state index is -4.45. The summed E-state index contributed by atoms with van der Waals surface area (Å²) in [7, 11) is -4.45. The van der Waals surface area contributed by atoms with Gasteiger partial charge in [0.15, 0.2) is 0 Å². The van der Waals surface area contributed by atoms with Crippen LogP contribution in [0, 0.1) is 0 Å². The molecule has 2 fully saturated rings. The summed E-state index contributed by atoms with van der Waals surface area (Å²) in [6, 6.07) is 1.12. The number of hydrogen-bond acceptors (Lipinski definition) is 5. The summed E-state index contributed by atoms with van der Waals surface area (Å²) in [5, 5.41) is 6.00. The van der Waals surface area contributed by atoms with Gasteiger partial charge in [0, 0.05) is 4.75 Å². The topological polar surface area (TPSA) is 107 Å². The normalized spacial score (nSPS) is 29.1. The van der Waals surface area contributed by atoms with Crippen molar-refractivity contribution in [1.29, 1.82) is 0 Å². The highest BCUT2D eigenvalue weighted by atomic mass is 32.2. The molecular formula is C13H17N2O5PS2. The van der Waals surface area contributed by atoms with Crippen molar-refractivity contribution in [3.05, 3.63) is 22.4 Å². The molecule has 2 aliphatic heterocycles. The van der Waals surface area contributed by atoms with Crippen LogP contribution in [-0.2, 0) is 20.6 Å². The maximum absolute atomic E-state index is 12.3. The molecule has 7 nitrogen and oxygen atoms in total. The second-order valence-corrected chi connectivity index (χ2v) is 10.4. The first kappa shape index (κ1) is 17.0. The predicted octanol–water partition coefficient (Wildman–Crippen LogP) is 0.973. The van der Waals surface area contributed by atoms with E-state index in [0.717, 1.165) is 5.56 Å². The molecule has 2 saturated heterocycles. The molecule has 1 aromatic rings. The maximum atomic E-state index is 12.3. The van der Waals surface area contributed by atoms with Crippen LogP contribution in [0.15, 0.2) is 16.8 Å². The largest absolute Gasteiger partial charge is 0.349 e. The number of rotatable bonds is 4. The van der Waals surface area contributed by atoms with E-state index >= 15 is 0 Å². The van der Waals surface area contributed by atoms with Crippen LogP contribution in [0.2, 0.25) is 0 Å². The molecule has 2 aliphatic rings. The van der Waals surface area contributed by atoms with Gasteiger partial charge in [-0.2, -0.15) is 11.3 Å². The van der Waals surface area contributed by atoms with E-state index in [1.54, 1.807) is 13.8 Å². The standard InChI is InChI=1S/C13H17N2O5PS2/c1-13(2)12(21(18,19)20)15-10(17)9(11(15)23-13)14-8(16)5-7-3-4-22-6-7/h3-4,6,9,11-12H,5H2,1-2H3,(H,14,16)(H2,18,19,20). The Morgan fingerprint density at radius 2 is 2.17 bits per heavy atom. The molecule has 126 valence electrons. The Kier molecular flexibility index (Phi) is 4.13. The molecule has 0 aromatic carbocycles. The van der Waals surface area contributed by atoms with Crippen molar-refractivity contribution >= 4 is 42.5 Å². The van der Waals surface area contributed by atoms with Crippen molar-refractivity contribution in [2.45, 2.75) is 42.2 Å². The fraction of sp³-hybridized carbons (Fsp3) is 0.538. The Balaban J connectivity index is 1.70. The van der Waals surface area contributed by atoms with Gasteiger partial charge in [-0.15, -0.1) is 11.8 Å². The Morgan fingerprint density at radius 3 is 2.74 bits per heavy atom. The first-order chi connectivity index (χ1) is 10.6. The molecule has 3 N–H and O–H groups in total. The van der Waals surface area contributed by atoms with Crippen molar-refractivity contribution in [1.82, 2.24) is 10.2 Å². The molecule has 0 radical (unpaired) electrons. The molecule has 10 heteroatoms. The number of carbonyl (C=O) groups is 2. The van der Waals surface area contributed by atoms with Gasteiger partial charge in [-0.25, -0.2) is 0 Å². The van der Waals surface area contributed by atoms with Gasteiger partial charge in [-0.05, 0) is 36.2 Å². The highest BCUT2D eigenvalue weighted by molar-refractivity contribution is 8.02. The average molecular weight is 376 g/mol. The van der Waals surface area contributed by atoms with E-state index in [4.69, 9.17) is 0 Å². The summed E-state index contributed by atoms with van der Waals surface area (Å²) < 4.78 is 11.0. The fourth-order valence-corrected chi connectivity index (χ4v) is 7.34. The SMILES string of the molecule is CC1(C)SC2C(NC(=O)Cc3ccsc3)C(=O)N2C1P(=O)(O)O. The molecule has 2 amide bonds. The lowest BCUT2D eigenvalue weighted by Crippen LogP contribution is -2.69. The molecular weight excluding hydrogens is 359 g/mol. The van der Waals surface area contributed by atoms with Crippen LogP contribution in [-0.4, -0.2) is 48.4 Å². The first-order valence-electron chi connectivity index (χ1n) is 6.97. The van der Waals surface area contributed by atoms with Crippen LogP contribution in [0.4, 0.5) is 0 Å². The van der Waals surface area contributed by atoms with Gasteiger partial charge in [0.1, 0.15) is 17.2 Å². The van der Waals surface area contributed by atoms with E-state index in [1.165, 1.54) is 28.0 Å². The minimum Gasteiger partial charge on any atom is -0.341 e. The van der Waals surface area contributed by atoms with E-state index in [9.17, 15) is 23.9 Å². The van der Waals surface area contributed by atoms with Gasteiger partial charge in [-0.3, -0.25) is 14.2 Å². The molecule has 1 aromatic heterocycles. The summed E-state index contributed by atoms with van der Waals surface area (Å²) in [5.74, 6) is -1.85. The van der Waals surface area contributed by atoms with Crippen molar-refractivity contribution < 1.29 is 23.9 Å². The second kappa shape index (κ2) is 5.60. The number of fused-ring (bicyclic) bond motifs is 1. The van der Waals surface area contributed by atoms with E-state index in [0.29, 0.717) is 0 Å². The Labute approximate surface area is 141 Å². The maximum Gasteiger partial charge on any atom is 0.349 e. The lowest BCUT2D eigenvalue weighted by atomic mass is 10.0. The highest BCUT2D eigenvalue weighted by Crippen LogP contribution is 2.62. The number of hydrogen-bond donors (Lipinski definition) is 3. The third-order valence-corrected chi connectivity index (χ3v) is 7.98. The van der Waals surface area contributed by atoms with Crippen molar-refractivity contribution in [3.63, 3.8) is 0 Å². The number of amides is 2. The van der Waals surface area contributed by atoms with Crippen molar-refractivity contribution in [3.8, 4) is 0 Å².